The second-order valence-electron chi connectivity index (χ2n) is 30.5. The molecule has 0 atom stereocenters. The van der Waals surface area contributed by atoms with E-state index in [0.29, 0.717) is 0 Å². The summed E-state index contributed by atoms with van der Waals surface area (Å²) in [5.74, 6) is 3.55. The number of hydrogen-bond donors (Lipinski definition) is 0. The Morgan fingerprint density at radius 1 is 0.194 bits per heavy atom. The summed E-state index contributed by atoms with van der Waals surface area (Å²) in [5, 5.41) is 0. The number of para-hydroxylation sites is 6. The molecule has 0 radical (unpaired) electrons. The van der Waals surface area contributed by atoms with Crippen molar-refractivity contribution in [2.24, 2.45) is 0 Å². The van der Waals surface area contributed by atoms with E-state index in [1.165, 1.54) is 117 Å². The summed E-state index contributed by atoms with van der Waals surface area (Å²) < 4.78 is 13.5. The molecule has 6 aliphatic rings. The first-order valence-corrected chi connectivity index (χ1v) is 37.7. The van der Waals surface area contributed by atoms with Crippen molar-refractivity contribution in [2.45, 2.75) is 49.4 Å². The maximum atomic E-state index is 6.80. The Kier molecular flexibility index (Phi) is 14.1. The first-order valence-electron chi connectivity index (χ1n) is 37.7. The molecule has 0 amide bonds. The molecule has 22 rings (SSSR count). The van der Waals surface area contributed by atoms with Crippen LogP contribution < -0.4 is 19.3 Å². The number of ether oxygens (including phenoxy) is 2. The summed E-state index contributed by atoms with van der Waals surface area (Å²) in [7, 11) is 0. The highest BCUT2D eigenvalue weighted by atomic mass is 16.5. The molecule has 16 aromatic rings. The second kappa shape index (κ2) is 24.1. The quantitative estimate of drug-likeness (QED) is 0.166. The van der Waals surface area contributed by atoms with Crippen molar-refractivity contribution in [3.63, 3.8) is 0 Å². The van der Waals surface area contributed by atoms with Crippen molar-refractivity contribution >= 4 is 34.1 Å². The minimum atomic E-state index is -0.715. The predicted molar refractivity (Wildman–Crippen MR) is 443 cm³/mol. The molecule has 0 bridgehead atoms. The van der Waals surface area contributed by atoms with Gasteiger partial charge < -0.3 is 19.3 Å². The average molecular weight is 1380 g/mol. The number of nitrogens with zero attached hydrogens (tertiary/aromatic N) is 2. The fourth-order valence-electron chi connectivity index (χ4n) is 19.4. The van der Waals surface area contributed by atoms with Gasteiger partial charge in [0.1, 0.15) is 23.0 Å². The third-order valence-electron chi connectivity index (χ3n) is 24.2. The number of benzene rings is 16. The van der Waals surface area contributed by atoms with Gasteiger partial charge in [0.2, 0.25) is 0 Å². The highest BCUT2D eigenvalue weighted by Crippen LogP contribution is 2.68. The average Bonchev–Trinajstić information content (AvgIpc) is 0.770. The van der Waals surface area contributed by atoms with E-state index in [-0.39, 0.29) is 10.8 Å². The van der Waals surface area contributed by atoms with Gasteiger partial charge in [-0.15, -0.1) is 0 Å². The molecular formula is C104H74N2O2. The Balaban J connectivity index is 0.000000139. The van der Waals surface area contributed by atoms with Gasteiger partial charge in [-0.1, -0.05) is 313 Å². The van der Waals surface area contributed by atoms with Crippen LogP contribution in [-0.2, 0) is 21.7 Å². The molecule has 4 heterocycles. The lowest BCUT2D eigenvalue weighted by Crippen LogP contribution is -2.40. The monoisotopic (exact) mass is 1380 g/mol. The largest absolute Gasteiger partial charge is 0.457 e. The summed E-state index contributed by atoms with van der Waals surface area (Å²) in [5.41, 5.74) is 35.1. The fourth-order valence-corrected chi connectivity index (χ4v) is 19.4. The number of rotatable bonds is 6. The molecule has 16 aromatic carbocycles. The van der Waals surface area contributed by atoms with Gasteiger partial charge in [-0.05, 0) is 197 Å². The molecule has 2 spiro atoms. The molecule has 4 nitrogen and oxygen atoms in total. The highest BCUT2D eigenvalue weighted by molar-refractivity contribution is 6.01. The van der Waals surface area contributed by atoms with Gasteiger partial charge >= 0.3 is 0 Å². The number of hydrogen-bond acceptors (Lipinski definition) is 4. The molecule has 108 heavy (non-hydrogen) atoms. The SMILES string of the molecule is CC1(C)c2ccccc2-c2ccc(N3c4ccccc4C4(c5ccccc5Oc5ccccc54)c4cc5c(cc43)C(C)(C)c3ccccc3-5)cc21.c1ccc(-c2cc(-c3ccccc3)cc(N3c4ccccc4C4(c5ccccc5Oc5ccccc54)c4c(-c5ccccc5)cc(-c5ccccc5)cc43)c2)cc1. The van der Waals surface area contributed by atoms with Crippen LogP contribution in [0.3, 0.4) is 0 Å². The second-order valence-corrected chi connectivity index (χ2v) is 30.5. The van der Waals surface area contributed by atoms with Gasteiger partial charge in [0.15, 0.2) is 0 Å². The van der Waals surface area contributed by atoms with E-state index >= 15 is 0 Å². The van der Waals surface area contributed by atoms with Gasteiger partial charge in [-0.2, -0.15) is 0 Å². The Labute approximate surface area is 631 Å². The molecule has 0 N–H and O–H groups in total. The van der Waals surface area contributed by atoms with Crippen molar-refractivity contribution in [1.82, 2.24) is 0 Å². The van der Waals surface area contributed by atoms with Crippen LogP contribution in [0.15, 0.2) is 376 Å². The molecule has 512 valence electrons. The van der Waals surface area contributed by atoms with Gasteiger partial charge in [0, 0.05) is 50.0 Å². The number of fused-ring (bicyclic) bond motifs is 22. The van der Waals surface area contributed by atoms with Crippen molar-refractivity contribution in [2.75, 3.05) is 9.80 Å². The number of anilines is 6. The summed E-state index contributed by atoms with van der Waals surface area (Å²) >= 11 is 0. The van der Waals surface area contributed by atoms with E-state index in [1.807, 2.05) is 0 Å². The van der Waals surface area contributed by atoms with E-state index in [9.17, 15) is 0 Å². The molecule has 0 aromatic heterocycles. The van der Waals surface area contributed by atoms with Crippen molar-refractivity contribution in [3.8, 4) is 89.8 Å². The zero-order chi connectivity index (χ0) is 72.0. The summed E-state index contributed by atoms with van der Waals surface area (Å²) in [4.78, 5) is 5.07. The standard InChI is InChI=1S/C55H37NO.C49H37NO/c1-5-19-38(20-6-1)42-33-43(39-21-7-2-8-22-39)35-45(34-42)56-50-30-16-13-27-47(50)55(48-28-14-17-31-52(48)57-53-32-18-15-29-49(53)55)54-46(41-25-11-4-12-26-41)36-44(37-51(54)56)40-23-9-3-10-24-40;1-47(2)35-17-7-5-15-31(35)33-26-25-30(27-40(33)47)50-43-22-12-9-19-37(43)49(38-20-10-13-23-45(38)51-46-24-14-11-21-39(46)49)42-28-34-32-16-6-8-18-36(32)48(3,4)41(34)29-44(42)50/h1-37H;5-29H,1-4H3. The molecule has 0 saturated carbocycles. The van der Waals surface area contributed by atoms with Gasteiger partial charge in [-0.3, -0.25) is 0 Å². The molecule has 0 fully saturated rings. The third-order valence-corrected chi connectivity index (χ3v) is 24.2. The Bertz CT molecular complexity index is 6180. The molecule has 4 heteroatoms. The van der Waals surface area contributed by atoms with E-state index in [2.05, 4.69) is 414 Å². The van der Waals surface area contributed by atoms with Crippen LogP contribution in [0.2, 0.25) is 0 Å². The van der Waals surface area contributed by atoms with E-state index in [0.717, 1.165) is 73.4 Å². The van der Waals surface area contributed by atoms with Gasteiger partial charge in [0.05, 0.1) is 33.6 Å². The van der Waals surface area contributed by atoms with Gasteiger partial charge in [-0.25, -0.2) is 0 Å². The first kappa shape index (κ1) is 63.2. The van der Waals surface area contributed by atoms with Crippen LogP contribution in [0.5, 0.6) is 23.0 Å². The zero-order valence-corrected chi connectivity index (χ0v) is 60.5. The summed E-state index contributed by atoms with van der Waals surface area (Å²) in [6.07, 6.45) is 0. The van der Waals surface area contributed by atoms with E-state index in [4.69, 9.17) is 9.47 Å². The predicted octanol–water partition coefficient (Wildman–Crippen LogP) is 27.2. The lowest BCUT2D eigenvalue weighted by molar-refractivity contribution is 0.434. The lowest BCUT2D eigenvalue weighted by Gasteiger charge is -2.49. The minimum Gasteiger partial charge on any atom is -0.457 e. The Morgan fingerprint density at radius 3 is 1.05 bits per heavy atom. The van der Waals surface area contributed by atoms with Crippen LogP contribution in [-0.4, -0.2) is 0 Å². The Hall–Kier alpha value is -13.3. The summed E-state index contributed by atoms with van der Waals surface area (Å²) in [6.45, 7) is 9.51. The topological polar surface area (TPSA) is 24.9 Å². The summed E-state index contributed by atoms with van der Waals surface area (Å²) in [6, 6.07) is 138. The Morgan fingerprint density at radius 2 is 0.556 bits per heavy atom. The normalized spacial score (nSPS) is 14.9. The fraction of sp³-hybridized carbons (Fsp3) is 0.0769. The zero-order valence-electron chi connectivity index (χ0n) is 60.5. The van der Waals surface area contributed by atoms with Gasteiger partial charge in [0.25, 0.3) is 0 Å². The molecular weight excluding hydrogens is 1310 g/mol. The van der Waals surface area contributed by atoms with Crippen LogP contribution >= 0.6 is 0 Å². The van der Waals surface area contributed by atoms with Crippen LogP contribution in [0.4, 0.5) is 34.1 Å². The van der Waals surface area contributed by atoms with Crippen molar-refractivity contribution in [3.05, 3.63) is 443 Å². The lowest BCUT2D eigenvalue weighted by atomic mass is 9.59. The van der Waals surface area contributed by atoms with Crippen LogP contribution in [0, 0.1) is 0 Å². The maximum Gasteiger partial charge on any atom is 0.132 e. The maximum absolute atomic E-state index is 6.80. The van der Waals surface area contributed by atoms with Crippen LogP contribution in [0.25, 0.3) is 66.8 Å². The van der Waals surface area contributed by atoms with E-state index in [1.54, 1.807) is 0 Å². The molecule has 2 aliphatic carbocycles. The van der Waals surface area contributed by atoms with E-state index < -0.39 is 10.8 Å². The molecule has 4 aliphatic heterocycles. The highest BCUT2D eigenvalue weighted by Gasteiger charge is 2.55. The smallest absolute Gasteiger partial charge is 0.132 e. The molecule has 0 unspecified atom stereocenters. The van der Waals surface area contributed by atoms with Crippen LogP contribution in [0.1, 0.15) is 94.5 Å². The first-order chi connectivity index (χ1) is 53.1. The van der Waals surface area contributed by atoms with Crippen molar-refractivity contribution < 1.29 is 9.47 Å². The minimum absolute atomic E-state index is 0.110. The molecule has 0 saturated heterocycles. The third kappa shape index (κ3) is 9.17. The van der Waals surface area contributed by atoms with Crippen molar-refractivity contribution in [1.29, 1.82) is 0 Å².